The van der Waals surface area contributed by atoms with Gasteiger partial charge in [0.25, 0.3) is 6.71 Å². The van der Waals surface area contributed by atoms with Crippen LogP contribution in [0.15, 0.2) is 146 Å². The van der Waals surface area contributed by atoms with Gasteiger partial charge in [-0.1, -0.05) is 182 Å². The van der Waals surface area contributed by atoms with E-state index in [-0.39, 0.29) is 44.6 Å². The number of fused-ring (bicyclic) bond motifs is 10. The SMILES string of the molecule is Cc1ccccc1N(c1cc2c3c(c1)N(c1ccc4c(c1)C(C)(C)CCC4(C)C)c1cc4c(cc1B3c1cc3c(cc1N2c1ccc2c(c1)-c1ccccc1C2(C)C)C(C)(C)CCC3(C)C)C(C)(C)CCC4(C)C)c1ccccc1C. The highest BCUT2D eigenvalue weighted by molar-refractivity contribution is 7.00. The first-order valence-electron chi connectivity index (χ1n) is 30.7. The molecule has 8 aromatic carbocycles. The second kappa shape index (κ2) is 17.2. The Balaban J connectivity index is 1.17. The number of hydrogen-bond donors (Lipinski definition) is 0. The Morgan fingerprint density at radius 2 is 0.728 bits per heavy atom. The molecule has 0 bridgehead atoms. The molecule has 0 amide bonds. The summed E-state index contributed by atoms with van der Waals surface area (Å²) in [5.74, 6) is 0. The van der Waals surface area contributed by atoms with Crippen LogP contribution >= 0.6 is 0 Å². The van der Waals surface area contributed by atoms with E-state index in [0.29, 0.717) is 0 Å². The quantitative estimate of drug-likeness (QED) is 0.159. The zero-order valence-corrected chi connectivity index (χ0v) is 51.5. The molecule has 2 aliphatic heterocycles. The molecule has 0 N–H and O–H groups in total. The van der Waals surface area contributed by atoms with Gasteiger partial charge >= 0.3 is 0 Å². The highest BCUT2D eigenvalue weighted by Crippen LogP contribution is 2.57. The fourth-order valence-corrected chi connectivity index (χ4v) is 16.4. The van der Waals surface area contributed by atoms with Crippen molar-refractivity contribution in [1.29, 1.82) is 0 Å². The molecule has 4 aliphatic carbocycles. The summed E-state index contributed by atoms with van der Waals surface area (Å²) in [5, 5.41) is 0. The van der Waals surface area contributed by atoms with Crippen LogP contribution in [0.25, 0.3) is 11.1 Å². The Kier molecular flexibility index (Phi) is 11.1. The number of hydrogen-bond acceptors (Lipinski definition) is 3. The van der Waals surface area contributed by atoms with Crippen molar-refractivity contribution in [2.24, 2.45) is 0 Å². The van der Waals surface area contributed by atoms with Crippen LogP contribution in [-0.4, -0.2) is 6.71 Å². The Morgan fingerprint density at radius 3 is 1.21 bits per heavy atom. The summed E-state index contributed by atoms with van der Waals surface area (Å²) >= 11 is 0. The summed E-state index contributed by atoms with van der Waals surface area (Å²) in [6.45, 7) is 39.4. The van der Waals surface area contributed by atoms with Gasteiger partial charge in [0.15, 0.2) is 0 Å². The van der Waals surface area contributed by atoms with Crippen molar-refractivity contribution >= 4 is 74.3 Å². The number of nitrogens with zero attached hydrogens (tertiary/aromatic N) is 3. The minimum atomic E-state index is -0.116. The summed E-state index contributed by atoms with van der Waals surface area (Å²) in [4.78, 5) is 8.07. The fourth-order valence-electron chi connectivity index (χ4n) is 16.4. The van der Waals surface area contributed by atoms with Crippen molar-refractivity contribution in [2.75, 3.05) is 14.7 Å². The van der Waals surface area contributed by atoms with E-state index < -0.39 is 0 Å². The average Bonchev–Trinajstić information content (AvgIpc) is 2.33. The second-order valence-electron chi connectivity index (χ2n) is 30.3. The maximum atomic E-state index is 2.76. The summed E-state index contributed by atoms with van der Waals surface area (Å²) in [5.41, 5.74) is 32.3. The zero-order chi connectivity index (χ0) is 56.9. The van der Waals surface area contributed by atoms with Gasteiger partial charge < -0.3 is 14.7 Å². The predicted molar refractivity (Wildman–Crippen MR) is 348 cm³/mol. The van der Waals surface area contributed by atoms with Gasteiger partial charge in [-0.05, 0) is 229 Å². The minimum Gasteiger partial charge on any atom is -0.311 e. The first-order valence-corrected chi connectivity index (χ1v) is 30.7. The Labute approximate surface area is 485 Å². The van der Waals surface area contributed by atoms with E-state index in [1.54, 1.807) is 0 Å². The van der Waals surface area contributed by atoms with E-state index in [9.17, 15) is 0 Å². The number of rotatable bonds is 5. The average molecular weight is 1060 g/mol. The molecule has 8 aromatic rings. The third kappa shape index (κ3) is 7.59. The van der Waals surface area contributed by atoms with E-state index in [1.165, 1.54) is 135 Å². The molecule has 2 heterocycles. The van der Waals surface area contributed by atoms with E-state index in [1.807, 2.05) is 0 Å². The first kappa shape index (κ1) is 52.3. The van der Waals surface area contributed by atoms with Crippen LogP contribution in [0.5, 0.6) is 0 Å². The van der Waals surface area contributed by atoms with Crippen LogP contribution in [-0.2, 0) is 37.9 Å². The molecule has 0 atom stereocenters. The van der Waals surface area contributed by atoms with Crippen molar-refractivity contribution in [1.82, 2.24) is 0 Å². The molecule has 410 valence electrons. The van der Waals surface area contributed by atoms with Gasteiger partial charge in [-0.15, -0.1) is 0 Å². The highest BCUT2D eigenvalue weighted by Gasteiger charge is 2.50. The Hall–Kier alpha value is -6.78. The van der Waals surface area contributed by atoms with Crippen molar-refractivity contribution in [3.63, 3.8) is 0 Å². The molecular weight excluding hydrogens is 978 g/mol. The molecule has 3 nitrogen and oxygen atoms in total. The number of benzene rings is 8. The summed E-state index contributed by atoms with van der Waals surface area (Å²) < 4.78 is 0. The molecule has 81 heavy (non-hydrogen) atoms. The molecule has 4 heteroatoms. The van der Waals surface area contributed by atoms with Crippen molar-refractivity contribution in [2.45, 2.75) is 187 Å². The fraction of sp³-hybridized carbons (Fsp3) is 0.377. The smallest absolute Gasteiger partial charge is 0.252 e. The lowest BCUT2D eigenvalue weighted by Crippen LogP contribution is -2.62. The molecule has 0 fully saturated rings. The molecule has 0 saturated carbocycles. The summed E-state index contributed by atoms with van der Waals surface area (Å²) in [6.07, 6.45) is 6.96. The lowest BCUT2D eigenvalue weighted by molar-refractivity contribution is 0.332. The van der Waals surface area contributed by atoms with Gasteiger partial charge in [-0.25, -0.2) is 0 Å². The number of aryl methyl sites for hydroxylation is 2. The second-order valence-corrected chi connectivity index (χ2v) is 30.3. The molecule has 0 radical (unpaired) electrons. The lowest BCUT2D eigenvalue weighted by atomic mass is 9.32. The van der Waals surface area contributed by atoms with Gasteiger partial charge in [0.1, 0.15) is 0 Å². The van der Waals surface area contributed by atoms with Gasteiger partial charge in [0.05, 0.1) is 5.69 Å². The standard InChI is InChI=1S/C77H84BN3/c1-47-23-17-21-27-64(47)81(65-28-22-18-24-48(65)2)51-41-68-70-69(42-51)80(50-30-32-56-57(40-50)72(5,6)34-33-71(56,3)4)67-46-61-59(74(9,10)36-38-76(61,13)14)44-63(67)78(70)62-43-58-60(75(11,12)37-35-73(58,7)8)45-66(62)79(68)49-29-31-55-53(39-49)52-25-19-20-26-54(52)77(55,15)16/h17-32,39-46H,33-38H2,1-16H3. The van der Waals surface area contributed by atoms with E-state index in [0.717, 1.165) is 37.8 Å². The maximum absolute atomic E-state index is 2.76. The summed E-state index contributed by atoms with van der Waals surface area (Å²) in [7, 11) is 0. The molecule has 6 aliphatic rings. The Bertz CT molecular complexity index is 3940. The van der Waals surface area contributed by atoms with Crippen LogP contribution < -0.4 is 31.1 Å². The van der Waals surface area contributed by atoms with Crippen molar-refractivity contribution < 1.29 is 0 Å². The lowest BCUT2D eigenvalue weighted by Gasteiger charge is -2.49. The molecule has 0 saturated heterocycles. The van der Waals surface area contributed by atoms with E-state index in [4.69, 9.17) is 0 Å². The van der Waals surface area contributed by atoms with Crippen molar-refractivity contribution in [3.05, 3.63) is 201 Å². The topological polar surface area (TPSA) is 9.72 Å². The number of para-hydroxylation sites is 2. The largest absolute Gasteiger partial charge is 0.311 e. The highest BCUT2D eigenvalue weighted by atomic mass is 15.2. The Morgan fingerprint density at radius 1 is 0.346 bits per heavy atom. The molecule has 0 spiro atoms. The van der Waals surface area contributed by atoms with Crippen LogP contribution in [0.2, 0.25) is 0 Å². The third-order valence-corrected chi connectivity index (χ3v) is 21.9. The van der Waals surface area contributed by atoms with Gasteiger partial charge in [0, 0.05) is 50.9 Å². The van der Waals surface area contributed by atoms with Crippen LogP contribution in [0.1, 0.15) is 191 Å². The number of anilines is 9. The molecule has 0 unspecified atom stereocenters. The summed E-state index contributed by atoms with van der Waals surface area (Å²) in [6, 6.07) is 58.4. The first-order chi connectivity index (χ1) is 38.2. The van der Waals surface area contributed by atoms with Crippen LogP contribution in [0, 0.1) is 13.8 Å². The zero-order valence-electron chi connectivity index (χ0n) is 51.5. The third-order valence-electron chi connectivity index (χ3n) is 21.9. The minimum absolute atomic E-state index is 0.00302. The van der Waals surface area contributed by atoms with Gasteiger partial charge in [-0.2, -0.15) is 0 Å². The van der Waals surface area contributed by atoms with E-state index in [2.05, 4.69) is 271 Å². The normalized spacial score (nSPS) is 19.9. The van der Waals surface area contributed by atoms with Crippen LogP contribution in [0.4, 0.5) is 51.2 Å². The van der Waals surface area contributed by atoms with E-state index >= 15 is 0 Å². The van der Waals surface area contributed by atoms with Gasteiger partial charge in [0.2, 0.25) is 0 Å². The van der Waals surface area contributed by atoms with Crippen LogP contribution in [0.3, 0.4) is 0 Å². The monoisotopic (exact) mass is 1060 g/mol. The van der Waals surface area contributed by atoms with Crippen molar-refractivity contribution in [3.8, 4) is 11.1 Å². The molecular formula is C77H84BN3. The van der Waals surface area contributed by atoms with Gasteiger partial charge in [-0.3, -0.25) is 0 Å². The predicted octanol–water partition coefficient (Wildman–Crippen LogP) is 19.2. The molecule has 14 rings (SSSR count). The molecule has 0 aromatic heterocycles. The maximum Gasteiger partial charge on any atom is 0.252 e.